The molecule has 0 radical (unpaired) electrons. The number of amides is 1. The van der Waals surface area contributed by atoms with E-state index < -0.39 is 5.97 Å². The molecule has 0 spiro atoms. The number of ether oxygens (including phenoxy) is 1. The van der Waals surface area contributed by atoms with Gasteiger partial charge in [-0.15, -0.1) is 0 Å². The van der Waals surface area contributed by atoms with E-state index in [0.717, 1.165) is 0 Å². The van der Waals surface area contributed by atoms with Crippen LogP contribution in [0.3, 0.4) is 0 Å². The summed E-state index contributed by atoms with van der Waals surface area (Å²) < 4.78 is 5.44. The van der Waals surface area contributed by atoms with Gasteiger partial charge in [0, 0.05) is 18.2 Å². The average Bonchev–Trinajstić information content (AvgIpc) is 2.45. The summed E-state index contributed by atoms with van der Waals surface area (Å²) in [5.74, 6) is -1.31. The van der Waals surface area contributed by atoms with Crippen LogP contribution in [0.5, 0.6) is 0 Å². The molecule has 1 amide bonds. The maximum Gasteiger partial charge on any atom is 0.323 e. The number of para-hydroxylation sites is 1. The van der Waals surface area contributed by atoms with Gasteiger partial charge in [0.1, 0.15) is 6.54 Å². The van der Waals surface area contributed by atoms with Gasteiger partial charge in [0.05, 0.1) is 6.10 Å². The van der Waals surface area contributed by atoms with E-state index in [1.807, 2.05) is 13.0 Å². The Morgan fingerprint density at radius 3 is 2.65 bits per heavy atom. The molecule has 5 nitrogen and oxygen atoms in total. The molecular formula is C15H19NO4. The van der Waals surface area contributed by atoms with Crippen LogP contribution in [0.15, 0.2) is 30.3 Å². The molecule has 1 saturated heterocycles. The zero-order valence-corrected chi connectivity index (χ0v) is 11.5. The van der Waals surface area contributed by atoms with Crippen LogP contribution in [0.2, 0.25) is 0 Å². The number of hydrogen-bond acceptors (Lipinski definition) is 3. The highest BCUT2D eigenvalue weighted by atomic mass is 16.5. The van der Waals surface area contributed by atoms with Crippen LogP contribution in [0.1, 0.15) is 19.8 Å². The molecule has 1 fully saturated rings. The van der Waals surface area contributed by atoms with Crippen molar-refractivity contribution in [3.63, 3.8) is 0 Å². The van der Waals surface area contributed by atoms with E-state index in [4.69, 9.17) is 9.84 Å². The standard InChI is InChI=1S/C15H19NO4/c1-11-9-12(7-8-20-11)15(19)16(10-14(17)18)13-5-3-2-4-6-13/h2-6,11-12H,7-10H2,1H3,(H,17,18). The number of carbonyl (C=O) groups is 2. The van der Waals surface area contributed by atoms with Crippen LogP contribution in [-0.2, 0) is 14.3 Å². The number of carboxylic acids is 1. The molecule has 0 saturated carbocycles. The second-order valence-corrected chi connectivity index (χ2v) is 5.06. The van der Waals surface area contributed by atoms with Gasteiger partial charge in [-0.05, 0) is 31.9 Å². The van der Waals surface area contributed by atoms with Crippen LogP contribution in [0.25, 0.3) is 0 Å². The summed E-state index contributed by atoms with van der Waals surface area (Å²) in [5.41, 5.74) is 0.624. The maximum absolute atomic E-state index is 12.6. The van der Waals surface area contributed by atoms with E-state index in [1.54, 1.807) is 24.3 Å². The zero-order chi connectivity index (χ0) is 14.5. The third kappa shape index (κ3) is 3.57. The van der Waals surface area contributed by atoms with Crippen molar-refractivity contribution in [3.8, 4) is 0 Å². The molecule has 2 atom stereocenters. The van der Waals surface area contributed by atoms with Crippen LogP contribution in [0, 0.1) is 5.92 Å². The normalized spacial score (nSPS) is 22.2. The van der Waals surface area contributed by atoms with Crippen molar-refractivity contribution < 1.29 is 19.4 Å². The Labute approximate surface area is 118 Å². The molecule has 2 rings (SSSR count). The van der Waals surface area contributed by atoms with Gasteiger partial charge in [-0.2, -0.15) is 0 Å². The number of nitrogens with zero attached hydrogens (tertiary/aromatic N) is 1. The number of rotatable bonds is 4. The highest BCUT2D eigenvalue weighted by molar-refractivity contribution is 5.98. The fraction of sp³-hybridized carbons (Fsp3) is 0.467. The van der Waals surface area contributed by atoms with Crippen molar-refractivity contribution in [3.05, 3.63) is 30.3 Å². The summed E-state index contributed by atoms with van der Waals surface area (Å²) in [4.78, 5) is 25.0. The molecule has 1 aliphatic rings. The summed E-state index contributed by atoms with van der Waals surface area (Å²) >= 11 is 0. The second-order valence-electron chi connectivity index (χ2n) is 5.06. The molecule has 0 bridgehead atoms. The Morgan fingerprint density at radius 2 is 2.05 bits per heavy atom. The summed E-state index contributed by atoms with van der Waals surface area (Å²) in [6.45, 7) is 2.17. The summed E-state index contributed by atoms with van der Waals surface area (Å²) in [6, 6.07) is 8.94. The predicted octanol–water partition coefficient (Wildman–Crippen LogP) is 1.92. The minimum Gasteiger partial charge on any atom is -0.480 e. The molecule has 1 aliphatic heterocycles. The number of carboxylic acid groups (broad SMARTS) is 1. The first-order valence-corrected chi connectivity index (χ1v) is 6.77. The Bertz CT molecular complexity index is 474. The van der Waals surface area contributed by atoms with Gasteiger partial charge in [-0.1, -0.05) is 18.2 Å². The molecular weight excluding hydrogens is 258 g/mol. The van der Waals surface area contributed by atoms with Crippen LogP contribution in [0.4, 0.5) is 5.69 Å². The Balaban J connectivity index is 2.18. The van der Waals surface area contributed by atoms with E-state index in [1.165, 1.54) is 4.90 Å². The smallest absolute Gasteiger partial charge is 0.323 e. The lowest BCUT2D eigenvalue weighted by atomic mass is 9.94. The summed E-state index contributed by atoms with van der Waals surface area (Å²) in [7, 11) is 0. The Kier molecular flexibility index (Phi) is 4.74. The lowest BCUT2D eigenvalue weighted by Gasteiger charge is -2.31. The molecule has 108 valence electrons. The first kappa shape index (κ1) is 14.5. The summed E-state index contributed by atoms with van der Waals surface area (Å²) in [5, 5.41) is 9.03. The third-order valence-electron chi connectivity index (χ3n) is 3.46. The van der Waals surface area contributed by atoms with Crippen LogP contribution in [-0.4, -0.2) is 36.2 Å². The van der Waals surface area contributed by atoms with Gasteiger partial charge < -0.3 is 14.7 Å². The number of carbonyl (C=O) groups excluding carboxylic acids is 1. The lowest BCUT2D eigenvalue weighted by Crippen LogP contribution is -2.42. The van der Waals surface area contributed by atoms with Gasteiger partial charge in [0.25, 0.3) is 0 Å². The van der Waals surface area contributed by atoms with Gasteiger partial charge in [-0.25, -0.2) is 0 Å². The second kappa shape index (κ2) is 6.52. The van der Waals surface area contributed by atoms with E-state index in [-0.39, 0.29) is 24.5 Å². The van der Waals surface area contributed by atoms with E-state index in [9.17, 15) is 9.59 Å². The minimum atomic E-state index is -1.01. The average molecular weight is 277 g/mol. The SMILES string of the molecule is CC1CC(C(=O)N(CC(=O)O)c2ccccc2)CCO1. The molecule has 1 N–H and O–H groups in total. The highest BCUT2D eigenvalue weighted by Crippen LogP contribution is 2.25. The largest absolute Gasteiger partial charge is 0.480 e. The van der Waals surface area contributed by atoms with Crippen molar-refractivity contribution in [1.82, 2.24) is 0 Å². The highest BCUT2D eigenvalue weighted by Gasteiger charge is 2.30. The molecule has 0 aliphatic carbocycles. The fourth-order valence-electron chi connectivity index (χ4n) is 2.48. The van der Waals surface area contributed by atoms with Gasteiger partial charge in [0.15, 0.2) is 0 Å². The van der Waals surface area contributed by atoms with Crippen molar-refractivity contribution >= 4 is 17.6 Å². The molecule has 0 aromatic heterocycles. The molecule has 1 aromatic rings. The molecule has 20 heavy (non-hydrogen) atoms. The van der Waals surface area contributed by atoms with Crippen molar-refractivity contribution in [2.75, 3.05) is 18.1 Å². The predicted molar refractivity (Wildman–Crippen MR) is 74.6 cm³/mol. The monoisotopic (exact) mass is 277 g/mol. The minimum absolute atomic E-state index is 0.0418. The molecule has 1 aromatic carbocycles. The number of anilines is 1. The van der Waals surface area contributed by atoms with E-state index in [2.05, 4.69) is 0 Å². The topological polar surface area (TPSA) is 66.8 Å². The van der Waals surface area contributed by atoms with Gasteiger partial charge in [-0.3, -0.25) is 9.59 Å². The zero-order valence-electron chi connectivity index (χ0n) is 11.5. The number of aliphatic carboxylic acids is 1. The van der Waals surface area contributed by atoms with Crippen molar-refractivity contribution in [2.45, 2.75) is 25.9 Å². The molecule has 2 unspecified atom stereocenters. The lowest BCUT2D eigenvalue weighted by molar-refractivity contribution is -0.137. The Hall–Kier alpha value is -1.88. The number of benzene rings is 1. The first-order valence-electron chi connectivity index (χ1n) is 6.77. The van der Waals surface area contributed by atoms with Crippen molar-refractivity contribution in [2.24, 2.45) is 5.92 Å². The quantitative estimate of drug-likeness (QED) is 0.913. The number of hydrogen-bond donors (Lipinski definition) is 1. The first-order chi connectivity index (χ1) is 9.58. The molecule has 1 heterocycles. The maximum atomic E-state index is 12.6. The third-order valence-corrected chi connectivity index (χ3v) is 3.46. The van der Waals surface area contributed by atoms with Crippen molar-refractivity contribution in [1.29, 1.82) is 0 Å². The summed E-state index contributed by atoms with van der Waals surface area (Å²) in [6.07, 6.45) is 1.33. The van der Waals surface area contributed by atoms with Crippen LogP contribution < -0.4 is 4.90 Å². The van der Waals surface area contributed by atoms with Gasteiger partial charge >= 0.3 is 5.97 Å². The molecule has 5 heteroatoms. The Morgan fingerprint density at radius 1 is 1.35 bits per heavy atom. The van der Waals surface area contributed by atoms with E-state index >= 15 is 0 Å². The fourth-order valence-corrected chi connectivity index (χ4v) is 2.48. The van der Waals surface area contributed by atoms with Gasteiger partial charge in [0.2, 0.25) is 5.91 Å². The van der Waals surface area contributed by atoms with E-state index in [0.29, 0.717) is 25.1 Å². The van der Waals surface area contributed by atoms with Crippen LogP contribution >= 0.6 is 0 Å².